The van der Waals surface area contributed by atoms with Crippen molar-refractivity contribution in [3.63, 3.8) is 0 Å². The zero-order valence-electron chi connectivity index (χ0n) is 80.6. The van der Waals surface area contributed by atoms with Crippen molar-refractivity contribution in [1.82, 2.24) is 97.6 Å². The van der Waals surface area contributed by atoms with Gasteiger partial charge in [0.1, 0.15) is 108 Å². The van der Waals surface area contributed by atoms with Crippen LogP contribution in [0.1, 0.15) is 170 Å². The summed E-state index contributed by atoms with van der Waals surface area (Å²) in [6.07, 6.45) is 19.1. The Morgan fingerprint density at radius 1 is 0.366 bits per heavy atom. The summed E-state index contributed by atoms with van der Waals surface area (Å²) in [5.74, 6) is 4.55. The number of ether oxygens (including phenoxy) is 6. The van der Waals surface area contributed by atoms with E-state index in [1.54, 1.807) is 57.5 Å². The van der Waals surface area contributed by atoms with Gasteiger partial charge in [0.25, 0.3) is 22.2 Å². The molecule has 5 unspecified atom stereocenters. The molecule has 5 aliphatic rings. The number of imidazole rings is 5. The summed E-state index contributed by atoms with van der Waals surface area (Å²) in [5.41, 5.74) is 7.74. The fraction of sp³-hybridized carbons (Fsp3) is 0.659. The molecule has 0 aromatic carbocycles. The Balaban J connectivity index is 0.000000161. The van der Waals surface area contributed by atoms with Gasteiger partial charge in [-0.05, 0) is 183 Å². The Labute approximate surface area is 779 Å². The molecule has 0 saturated carbocycles. The van der Waals surface area contributed by atoms with Crippen LogP contribution in [0.15, 0.2) is 25.5 Å². The summed E-state index contributed by atoms with van der Waals surface area (Å²) in [6, 6.07) is 0. The summed E-state index contributed by atoms with van der Waals surface area (Å²) < 4.78 is 44.0. The molecule has 0 radical (unpaired) electrons. The van der Waals surface area contributed by atoms with Gasteiger partial charge < -0.3 is 105 Å². The third kappa shape index (κ3) is 25.4. The van der Waals surface area contributed by atoms with Crippen LogP contribution in [-0.4, -0.2) is 376 Å². The highest BCUT2D eigenvalue weighted by Crippen LogP contribution is 2.47. The topological polar surface area (TPSA) is 582 Å². The Hall–Kier alpha value is -7.55. The van der Waals surface area contributed by atoms with Gasteiger partial charge in [0.05, 0.1) is 43.5 Å². The van der Waals surface area contributed by atoms with E-state index in [9.17, 15) is 70.2 Å². The molecule has 20 atom stereocenters. The van der Waals surface area contributed by atoms with Gasteiger partial charge >= 0.3 is 0 Å². The molecule has 5 saturated heterocycles. The molecular formula is C88H142N21O20P5. The van der Waals surface area contributed by atoms with E-state index in [1.165, 1.54) is 6.33 Å². The molecule has 15 rings (SSSR count). The lowest BCUT2D eigenvalue weighted by Crippen LogP contribution is -2.32. The van der Waals surface area contributed by atoms with Gasteiger partial charge in [-0.3, -0.25) is 42.0 Å². The molecule has 744 valence electrons. The quantitative estimate of drug-likeness (QED) is 0.0207. The van der Waals surface area contributed by atoms with Crippen LogP contribution in [0, 0.1) is 34.6 Å². The Kier molecular flexibility index (Phi) is 35.0. The third-order valence-electron chi connectivity index (χ3n) is 23.8. The Morgan fingerprint density at radius 2 is 0.664 bits per heavy atom. The normalized spacial score (nSPS) is 26.2. The lowest BCUT2D eigenvalue weighted by atomic mass is 10.1. The Bertz CT molecular complexity index is 6290. The van der Waals surface area contributed by atoms with E-state index in [2.05, 4.69) is 187 Å². The minimum atomic E-state index is -1.27. The molecule has 5 aliphatic heterocycles. The summed E-state index contributed by atoms with van der Waals surface area (Å²) >= 11 is 0. The molecule has 0 amide bonds. The molecule has 10 aromatic heterocycles. The molecule has 41 nitrogen and oxygen atoms in total. The molecule has 5 fully saturated rings. The fourth-order valence-electron chi connectivity index (χ4n) is 16.7. The average Bonchev–Trinajstić information content (AvgIpc) is 1.62. The van der Waals surface area contributed by atoms with Crippen LogP contribution in [0.4, 0.5) is 5.95 Å². The SMILES string of the molecule is C=P(C)(C)CC[C@H]1OC(n2c(C)nc3c(=O)[nH]c(C)nc32)[C@H](O)[C@@H]1O.C=P(C)(C)CC[C@H]1OC(n2c(CC)nc3c(=O)[nH]c(C)nc32)[C@H](O)[C@@H]1O.C=P(C)(C)CC[C@H]1OC(n2c(CCC)nc3c(=O)[nH]c(C)nc32)[C@H](O)[C@@H]1O.C=P(C)(C)CC[C@H]1OC(n2c(CCCC)nc3c(=O)[nH]c(C)nc32)[C@H](O)[C@@H]1O.C=P(C)(C)CC[C@H]1OC(n2cnc3c(OCCCC)nc(N)nc32)[C@H](O)[C@@H]1O. The second-order valence-electron chi connectivity index (χ2n) is 39.1. The standard InChI is InChI=1S/C19H31N4O4P.C18H30N5O4P.C18H29N4O4P.C17H27N4O4P.C16H25N4O4P/c1-6-7-8-13-22-14-17(20-11(2)21-18(14)26)23(13)19-16(25)15(24)12(27-19)9-10-28(3,4)5;1-5-6-8-26-16-12-15(21-18(19)22-16)23(10-20-12)17-14(25)13(24)11(27-17)7-9-28(2,3)4;1-6-7-12-21-13-16(19-10(2)20-17(13)25)22(12)18-15(24)14(23)11(26-18)8-9-27(3,4)5;1-6-11-20-12-15(18-9(2)19-16(12)24)21(11)17-14(23)13(22)10(25-17)7-8-26(3,4)5;1-8-17-14-11(15(23)18-8)19-9(2)20(14)16-13(22)12(21)10(24-16)6-7-25(3,4)5/h12,15-16,19,24-25H,3,6-10H2,1-2,4-5H3,(H,20,21,26);10-11,13-14,17,24-25H,2,5-9H2,1,3-4H3,(H2,19,21,22);11,14-15,18,23-24H,3,6-9H2,1-2,4-5H3,(H,19,20,25);10,13-14,17,22-23H,3,6-8H2,1-2,4-5H3,(H,18,19,24);10,12-13,16,21-22H,3,6-7H2,1-2,4-5H3,(H,17,18,23)/t12-,15-,16-,19?;11-,13-,14-,17?;11-,14-,15-,18?;10-,13-,14-,17?;10-,12-,13-,16?/m11111/s1. The molecule has 0 aliphatic carbocycles. The maximum absolute atomic E-state index is 12.3. The fourth-order valence-corrected chi connectivity index (χ4v) is 21.5. The molecule has 15 heterocycles. The van der Waals surface area contributed by atoms with Crippen molar-refractivity contribution in [3.8, 4) is 5.88 Å². The number of aliphatic hydroxyl groups is 10. The summed E-state index contributed by atoms with van der Waals surface area (Å²) in [7, 11) is 0. The molecule has 46 heteroatoms. The number of aromatic nitrogens is 20. The van der Waals surface area contributed by atoms with Crippen LogP contribution in [0.5, 0.6) is 5.88 Å². The van der Waals surface area contributed by atoms with Gasteiger partial charge in [0, 0.05) is 19.3 Å². The zero-order valence-corrected chi connectivity index (χ0v) is 85.1. The number of aryl methyl sites for hydroxylation is 8. The summed E-state index contributed by atoms with van der Waals surface area (Å²) in [6.45, 7) is 32.0. The second kappa shape index (κ2) is 43.9. The summed E-state index contributed by atoms with van der Waals surface area (Å²) in [4.78, 5) is 107. The largest absolute Gasteiger partial charge is 0.476 e. The maximum Gasteiger partial charge on any atom is 0.279 e. The van der Waals surface area contributed by atoms with E-state index < -0.39 is 157 Å². The minimum absolute atomic E-state index is 0.0499. The smallest absolute Gasteiger partial charge is 0.279 e. The monoisotopic (exact) mass is 1970 g/mol. The first-order valence-electron chi connectivity index (χ1n) is 45.6. The van der Waals surface area contributed by atoms with Crippen LogP contribution in [0.2, 0.25) is 0 Å². The lowest BCUT2D eigenvalue weighted by molar-refractivity contribution is -0.0368. The van der Waals surface area contributed by atoms with Gasteiger partial charge in [0.15, 0.2) is 87.0 Å². The summed E-state index contributed by atoms with van der Waals surface area (Å²) in [5, 5.41) is 105. The molecular weight excluding hydrogens is 1830 g/mol. The first-order chi connectivity index (χ1) is 62.6. The number of aliphatic hydroxyl groups excluding tert-OH is 10. The predicted octanol–water partition coefficient (Wildman–Crippen LogP) is 5.06. The highest BCUT2D eigenvalue weighted by atomic mass is 31.2. The van der Waals surface area contributed by atoms with Crippen molar-refractivity contribution in [2.24, 2.45) is 0 Å². The first-order valence-corrected chi connectivity index (χ1v) is 60.9. The number of aromatic amines is 4. The van der Waals surface area contributed by atoms with Crippen LogP contribution in [0.25, 0.3) is 55.8 Å². The van der Waals surface area contributed by atoms with Crippen molar-refractivity contribution in [2.45, 2.75) is 268 Å². The van der Waals surface area contributed by atoms with E-state index in [1.807, 2.05) is 13.8 Å². The van der Waals surface area contributed by atoms with Crippen LogP contribution >= 0.6 is 34.4 Å². The van der Waals surface area contributed by atoms with Crippen molar-refractivity contribution in [3.05, 3.63) is 94.3 Å². The van der Waals surface area contributed by atoms with E-state index >= 15 is 0 Å². The number of nitrogens with zero attached hydrogens (tertiary/aromatic N) is 16. The number of unbranched alkanes of at least 4 members (excludes halogenated alkanes) is 2. The lowest BCUT2D eigenvalue weighted by Gasteiger charge is -2.20. The number of hydrogen-bond donors (Lipinski definition) is 15. The number of fused-ring (bicyclic) bond motifs is 5. The molecule has 134 heavy (non-hydrogen) atoms. The van der Waals surface area contributed by atoms with Crippen molar-refractivity contribution in [1.29, 1.82) is 0 Å². The van der Waals surface area contributed by atoms with E-state index in [4.69, 9.17) is 34.2 Å². The number of nitrogens with two attached hydrogens (primary N) is 1. The highest BCUT2D eigenvalue weighted by molar-refractivity contribution is 7.73. The van der Waals surface area contributed by atoms with Crippen LogP contribution in [-0.2, 0) is 42.9 Å². The molecule has 0 spiro atoms. The number of rotatable bonds is 30. The number of anilines is 1. The number of H-pyrrole nitrogens is 4. The first kappa shape index (κ1) is 107. The number of hydrogen-bond acceptors (Lipinski definition) is 32. The zero-order chi connectivity index (χ0) is 98.8. The maximum atomic E-state index is 12.3. The van der Waals surface area contributed by atoms with Crippen LogP contribution in [0.3, 0.4) is 0 Å². The molecule has 10 aromatic rings. The third-order valence-corrected chi connectivity index (χ3v) is 31.2. The molecule has 0 bridgehead atoms. The number of nitrogens with one attached hydrogen (secondary N) is 4. The van der Waals surface area contributed by atoms with Gasteiger partial charge in [-0.1, -0.05) is 40.5 Å². The average molecular weight is 1970 g/mol. The van der Waals surface area contributed by atoms with Gasteiger partial charge in [0.2, 0.25) is 11.8 Å². The van der Waals surface area contributed by atoms with E-state index in [-0.39, 0.29) is 50.3 Å². The minimum Gasteiger partial charge on any atom is -0.476 e. The van der Waals surface area contributed by atoms with Crippen molar-refractivity contribution in [2.75, 3.05) is 110 Å². The number of nitrogen functional groups attached to an aromatic ring is 1. The van der Waals surface area contributed by atoms with Crippen LogP contribution < -0.4 is 32.7 Å². The van der Waals surface area contributed by atoms with E-state index in [0.29, 0.717) is 144 Å². The predicted molar refractivity (Wildman–Crippen MR) is 535 cm³/mol. The second-order valence-corrected chi connectivity index (χ2v) is 60.7. The Morgan fingerprint density at radius 3 is 0.993 bits per heavy atom. The van der Waals surface area contributed by atoms with Gasteiger partial charge in [-0.15, -0.1) is 65.9 Å². The van der Waals surface area contributed by atoms with E-state index in [0.717, 1.165) is 62.9 Å². The van der Waals surface area contributed by atoms with Gasteiger partial charge in [-0.25, -0.2) is 44.9 Å². The van der Waals surface area contributed by atoms with Crippen molar-refractivity contribution >= 4 is 128 Å². The highest BCUT2D eigenvalue weighted by Gasteiger charge is 2.50. The van der Waals surface area contributed by atoms with Crippen molar-refractivity contribution < 1.29 is 79.5 Å². The molecule has 16 N–H and O–H groups in total. The van der Waals surface area contributed by atoms with Gasteiger partial charge in [-0.2, -0.15) is 9.97 Å².